The fourth-order valence-corrected chi connectivity index (χ4v) is 5.99. The number of nitrogens with zero attached hydrogens (tertiary/aromatic N) is 4. The number of carbonyl (C=O) groups is 2. The third kappa shape index (κ3) is 4.76. The van der Waals surface area contributed by atoms with Crippen LogP contribution in [-0.2, 0) is 6.54 Å². The van der Waals surface area contributed by atoms with Crippen molar-refractivity contribution in [3.05, 3.63) is 71.3 Å². The first-order valence-corrected chi connectivity index (χ1v) is 14.1. The van der Waals surface area contributed by atoms with Gasteiger partial charge >= 0.3 is 5.57 Å². The SMILES string of the molecule is C[C@@H]1CCC(O)c2nc3cc(C(=O)Nc4ccc(OC(F)(F)Cl)cc4)cc(-c4cnc5c(c4)C(=O)N(C4CC4)C5)c3n21. The predicted octanol–water partition coefficient (Wildman–Crippen LogP) is 6.02. The molecular weight excluding hydrogens is 568 g/mol. The van der Waals surface area contributed by atoms with E-state index in [1.165, 1.54) is 24.3 Å². The van der Waals surface area contributed by atoms with Crippen LogP contribution >= 0.6 is 11.6 Å². The van der Waals surface area contributed by atoms with Crippen molar-refractivity contribution in [1.82, 2.24) is 19.4 Å². The zero-order chi connectivity index (χ0) is 29.3. The van der Waals surface area contributed by atoms with Gasteiger partial charge in [0.15, 0.2) is 0 Å². The Kier molecular flexibility index (Phi) is 6.21. The van der Waals surface area contributed by atoms with Gasteiger partial charge in [0.1, 0.15) is 17.7 Å². The van der Waals surface area contributed by atoms with Crippen molar-refractivity contribution in [3.8, 4) is 16.9 Å². The van der Waals surface area contributed by atoms with Crippen LogP contribution < -0.4 is 10.1 Å². The maximum absolute atomic E-state index is 13.4. The van der Waals surface area contributed by atoms with Crippen molar-refractivity contribution in [1.29, 1.82) is 0 Å². The lowest BCUT2D eigenvalue weighted by atomic mass is 9.98. The number of imidazole rings is 1. The molecule has 3 aliphatic rings. The summed E-state index contributed by atoms with van der Waals surface area (Å²) in [6, 6.07) is 10.9. The molecule has 12 heteroatoms. The molecule has 2 aromatic carbocycles. The summed E-state index contributed by atoms with van der Waals surface area (Å²) < 4.78 is 32.3. The van der Waals surface area contributed by atoms with Crippen molar-refractivity contribution in [2.24, 2.45) is 0 Å². The van der Waals surface area contributed by atoms with Crippen LogP contribution in [0.5, 0.6) is 5.75 Å². The summed E-state index contributed by atoms with van der Waals surface area (Å²) in [5.41, 5.74) is 0.689. The van der Waals surface area contributed by atoms with Crippen LogP contribution in [0.1, 0.15) is 77.0 Å². The quantitative estimate of drug-likeness (QED) is 0.264. The van der Waals surface area contributed by atoms with Gasteiger partial charge in [-0.2, -0.15) is 0 Å². The lowest BCUT2D eigenvalue weighted by Gasteiger charge is -2.26. The smallest absolute Gasteiger partial charge is 0.420 e. The number of hydrogen-bond acceptors (Lipinski definition) is 6. The number of aliphatic hydroxyl groups excluding tert-OH is 1. The van der Waals surface area contributed by atoms with E-state index in [1.807, 2.05) is 15.5 Å². The van der Waals surface area contributed by atoms with Gasteiger partial charge in [0.2, 0.25) is 0 Å². The minimum Gasteiger partial charge on any atom is -0.420 e. The number of alkyl halides is 3. The van der Waals surface area contributed by atoms with Gasteiger partial charge in [-0.05, 0) is 75.1 Å². The molecule has 0 radical (unpaired) electrons. The molecule has 2 atom stereocenters. The van der Waals surface area contributed by atoms with Crippen molar-refractivity contribution < 1.29 is 28.2 Å². The van der Waals surface area contributed by atoms with Crippen molar-refractivity contribution in [2.45, 2.75) is 62.9 Å². The number of fused-ring (bicyclic) bond motifs is 4. The molecule has 1 unspecified atom stereocenters. The highest BCUT2D eigenvalue weighted by molar-refractivity contribution is 6.20. The van der Waals surface area contributed by atoms with Crippen LogP contribution in [0.25, 0.3) is 22.2 Å². The third-order valence-corrected chi connectivity index (χ3v) is 8.17. The highest BCUT2D eigenvalue weighted by Gasteiger charge is 2.39. The van der Waals surface area contributed by atoms with E-state index in [-0.39, 0.29) is 29.3 Å². The largest absolute Gasteiger partial charge is 0.487 e. The summed E-state index contributed by atoms with van der Waals surface area (Å²) in [5, 5.41) is 13.5. The number of halogens is 3. The van der Waals surface area contributed by atoms with Crippen LogP contribution in [0.3, 0.4) is 0 Å². The van der Waals surface area contributed by atoms with Crippen LogP contribution in [0.15, 0.2) is 48.7 Å². The van der Waals surface area contributed by atoms with E-state index < -0.39 is 17.6 Å². The van der Waals surface area contributed by atoms with E-state index in [4.69, 9.17) is 16.6 Å². The average molecular weight is 594 g/mol. The molecule has 0 saturated heterocycles. The molecule has 2 aromatic heterocycles. The zero-order valence-electron chi connectivity index (χ0n) is 22.5. The molecule has 2 amide bonds. The van der Waals surface area contributed by atoms with Crippen LogP contribution in [0.4, 0.5) is 14.5 Å². The summed E-state index contributed by atoms with van der Waals surface area (Å²) >= 11 is 4.83. The third-order valence-electron chi connectivity index (χ3n) is 8.10. The Labute approximate surface area is 244 Å². The molecule has 4 heterocycles. The molecule has 0 spiro atoms. The first kappa shape index (κ1) is 26.8. The second kappa shape index (κ2) is 9.74. The van der Waals surface area contributed by atoms with E-state index in [0.29, 0.717) is 46.7 Å². The Morgan fingerprint density at radius 2 is 1.88 bits per heavy atom. The molecule has 2 aliphatic heterocycles. The number of benzene rings is 2. The highest BCUT2D eigenvalue weighted by Crippen LogP contribution is 2.41. The Balaban J connectivity index is 1.29. The maximum Gasteiger partial charge on any atom is 0.487 e. The van der Waals surface area contributed by atoms with Gasteiger partial charge in [-0.15, -0.1) is 8.78 Å². The van der Waals surface area contributed by atoms with Crippen LogP contribution in [0, 0.1) is 0 Å². The van der Waals surface area contributed by atoms with Gasteiger partial charge in [-0.25, -0.2) is 4.98 Å². The minimum absolute atomic E-state index is 0.0366. The maximum atomic E-state index is 13.4. The van der Waals surface area contributed by atoms with Crippen molar-refractivity contribution >= 4 is 40.1 Å². The van der Waals surface area contributed by atoms with Crippen LogP contribution in [0.2, 0.25) is 0 Å². The first-order chi connectivity index (χ1) is 20.1. The predicted molar refractivity (Wildman–Crippen MR) is 151 cm³/mol. The number of ether oxygens (including phenoxy) is 1. The van der Waals surface area contributed by atoms with Gasteiger partial charge in [0.05, 0.1) is 28.8 Å². The fraction of sp³-hybridized carbons (Fsp3) is 0.333. The normalized spacial score (nSPS) is 20.0. The lowest BCUT2D eigenvalue weighted by molar-refractivity contribution is -0.0964. The number of amides is 2. The molecule has 1 saturated carbocycles. The minimum atomic E-state index is -3.85. The van der Waals surface area contributed by atoms with Gasteiger partial charge in [-0.1, -0.05) is 0 Å². The summed E-state index contributed by atoms with van der Waals surface area (Å²) in [7, 11) is 0. The van der Waals surface area contributed by atoms with E-state index in [1.54, 1.807) is 18.3 Å². The summed E-state index contributed by atoms with van der Waals surface area (Å²) in [6.07, 6.45) is 4.31. The highest BCUT2D eigenvalue weighted by atomic mass is 35.5. The van der Waals surface area contributed by atoms with Gasteiger partial charge in [0.25, 0.3) is 11.8 Å². The standard InChI is InChI=1S/C30H26ClF2N5O4/c1-15-2-9-25(39)27-36-23-12-16(28(40)35-18-3-7-20(8-4-18)42-30(31,32)33)10-21(26(23)38(15)27)17-11-22-24(34-13-17)14-37(29(22)41)19-5-6-19/h3-4,7-8,10-13,15,19,25,39H,2,5-6,9,14H2,1H3,(H,35,40)/t15-,25?/m1/s1. The monoisotopic (exact) mass is 593 g/mol. The number of aliphatic hydroxyl groups is 1. The Bertz CT molecular complexity index is 1750. The van der Waals surface area contributed by atoms with E-state index in [0.717, 1.165) is 30.5 Å². The summed E-state index contributed by atoms with van der Waals surface area (Å²) in [4.78, 5) is 37.9. The molecule has 0 bridgehead atoms. The summed E-state index contributed by atoms with van der Waals surface area (Å²) in [5.74, 6) is -0.129. The molecule has 9 nitrogen and oxygen atoms in total. The van der Waals surface area contributed by atoms with Crippen molar-refractivity contribution in [3.63, 3.8) is 0 Å². The van der Waals surface area contributed by atoms with Gasteiger partial charge in [-0.3, -0.25) is 14.6 Å². The Hall–Kier alpha value is -4.09. The fourth-order valence-electron chi connectivity index (χ4n) is 5.90. The van der Waals surface area contributed by atoms with E-state index in [2.05, 4.69) is 22.0 Å². The first-order valence-electron chi connectivity index (χ1n) is 13.8. The topological polar surface area (TPSA) is 110 Å². The van der Waals surface area contributed by atoms with E-state index >= 15 is 0 Å². The van der Waals surface area contributed by atoms with E-state index in [9.17, 15) is 23.5 Å². The van der Waals surface area contributed by atoms with Crippen molar-refractivity contribution in [2.75, 3.05) is 5.32 Å². The second-order valence-corrected chi connectivity index (χ2v) is 11.5. The summed E-state index contributed by atoms with van der Waals surface area (Å²) in [6.45, 7) is 2.56. The number of hydrogen-bond donors (Lipinski definition) is 2. The molecule has 1 aliphatic carbocycles. The lowest BCUT2D eigenvalue weighted by Crippen LogP contribution is -2.25. The molecule has 4 aromatic rings. The average Bonchev–Trinajstić information content (AvgIpc) is 3.63. The molecule has 1 fully saturated rings. The second-order valence-electron chi connectivity index (χ2n) is 11.1. The zero-order valence-corrected chi connectivity index (χ0v) is 23.2. The molecule has 7 rings (SSSR count). The Morgan fingerprint density at radius 1 is 1.12 bits per heavy atom. The number of carbonyl (C=O) groups excluding carboxylic acids is 2. The molecule has 2 N–H and O–H groups in total. The number of nitrogens with one attached hydrogen (secondary N) is 1. The van der Waals surface area contributed by atoms with Crippen LogP contribution in [-0.4, -0.2) is 48.0 Å². The Morgan fingerprint density at radius 3 is 2.60 bits per heavy atom. The number of aromatic nitrogens is 3. The molecular formula is C30H26ClF2N5O4. The number of rotatable bonds is 6. The number of anilines is 1. The molecule has 42 heavy (non-hydrogen) atoms. The number of pyridine rings is 1. The van der Waals surface area contributed by atoms with Gasteiger partial charge in [0, 0.05) is 52.3 Å². The van der Waals surface area contributed by atoms with Gasteiger partial charge < -0.3 is 24.6 Å². The molecule has 216 valence electrons.